The van der Waals surface area contributed by atoms with Crippen LogP contribution in [0.1, 0.15) is 82.1 Å². The van der Waals surface area contributed by atoms with Crippen LogP contribution in [0.25, 0.3) is 0 Å². The first-order valence-electron chi connectivity index (χ1n) is 17.1. The Morgan fingerprint density at radius 2 is 1.33 bits per heavy atom. The van der Waals surface area contributed by atoms with Gasteiger partial charge in [-0.15, -0.1) is 0 Å². The predicted molar refractivity (Wildman–Crippen MR) is 196 cm³/mol. The normalized spacial score (nSPS) is 11.6. The molecule has 2 aromatic heterocycles. The molecule has 3 aromatic carbocycles. The fourth-order valence-electron chi connectivity index (χ4n) is 5.70. The molecule has 0 fully saturated rings. The van der Waals surface area contributed by atoms with Crippen LogP contribution in [0.2, 0.25) is 10.0 Å². The van der Waals surface area contributed by atoms with Crippen LogP contribution < -0.4 is 9.47 Å². The van der Waals surface area contributed by atoms with Gasteiger partial charge in [0.05, 0.1) is 26.4 Å². The Bertz CT molecular complexity index is 1890. The largest absolute Gasteiger partial charge is 0.493 e. The Kier molecular flexibility index (Phi) is 13.7. The maximum atomic E-state index is 12.3. The van der Waals surface area contributed by atoms with Crippen molar-refractivity contribution in [1.29, 1.82) is 0 Å². The third-order valence-electron chi connectivity index (χ3n) is 8.26. The number of hydrogen-bond acceptors (Lipinski definition) is 8. The number of esters is 2. The molecule has 0 aliphatic carbocycles. The fraction of sp³-hybridized carbons (Fsp3) is 0.317. The van der Waals surface area contributed by atoms with Gasteiger partial charge in [0.1, 0.15) is 23.0 Å². The molecule has 5 rings (SSSR count). The number of carbonyl (C=O) groups excluding carboxylic acids is 2. The van der Waals surface area contributed by atoms with E-state index in [4.69, 9.17) is 51.0 Å². The van der Waals surface area contributed by atoms with Gasteiger partial charge in [-0.25, -0.2) is 9.59 Å². The van der Waals surface area contributed by atoms with Crippen LogP contribution in [-0.2, 0) is 35.2 Å². The van der Waals surface area contributed by atoms with E-state index in [1.807, 2.05) is 42.5 Å². The first-order chi connectivity index (χ1) is 24.7. The first-order valence-corrected chi connectivity index (χ1v) is 17.9. The zero-order valence-corrected chi connectivity index (χ0v) is 30.6. The van der Waals surface area contributed by atoms with E-state index >= 15 is 0 Å². The second-order valence-corrected chi connectivity index (χ2v) is 13.0. The summed E-state index contributed by atoms with van der Waals surface area (Å²) >= 11 is 13.2. The Balaban J connectivity index is 1.28. The molecule has 5 aromatic rings. The van der Waals surface area contributed by atoms with Crippen molar-refractivity contribution in [3.63, 3.8) is 0 Å². The zero-order valence-electron chi connectivity index (χ0n) is 29.0. The quantitative estimate of drug-likeness (QED) is 0.0822. The number of rotatable bonds is 18. The highest BCUT2D eigenvalue weighted by molar-refractivity contribution is 6.31. The van der Waals surface area contributed by atoms with Gasteiger partial charge in [0.15, 0.2) is 0 Å². The Morgan fingerprint density at radius 3 is 2.00 bits per heavy atom. The van der Waals surface area contributed by atoms with Crippen molar-refractivity contribution < 1.29 is 37.4 Å². The molecule has 8 nitrogen and oxygen atoms in total. The smallest absolute Gasteiger partial charge is 0.374 e. The molecular weight excluding hydrogens is 691 g/mol. The maximum absolute atomic E-state index is 12.3. The standard InChI is InChI=1S/C41H42Cl2O8/c1-4-46-40(44)38-16-12-31(50-38)25-29-24-30(42)11-15-36(29)48-21-19-27(3)23-33-34(26-32-13-17-39(51-32)41(45)47-5-2)37(18-14-35(33)43)49-22-20-28-9-7-6-8-10-28/h6-18,24,27H,4-5,19-23,25-26H2,1-3H3. The number of hydrogen-bond donors (Lipinski definition) is 0. The molecule has 0 spiro atoms. The maximum Gasteiger partial charge on any atom is 0.374 e. The molecule has 1 unspecified atom stereocenters. The van der Waals surface area contributed by atoms with E-state index < -0.39 is 11.9 Å². The lowest BCUT2D eigenvalue weighted by molar-refractivity contribution is 0.0479. The molecule has 0 bridgehead atoms. The lowest BCUT2D eigenvalue weighted by Gasteiger charge is -2.20. The number of benzene rings is 3. The first kappa shape index (κ1) is 37.6. The van der Waals surface area contributed by atoms with Gasteiger partial charge in [0.25, 0.3) is 0 Å². The minimum absolute atomic E-state index is 0.153. The SMILES string of the molecule is CCOC(=O)c1ccc(Cc2cc(Cl)ccc2OCCC(C)Cc2c(Cl)ccc(OCCc3ccccc3)c2Cc2ccc(C(=O)OCC)o2)o1. The molecule has 0 radical (unpaired) electrons. The van der Waals surface area contributed by atoms with Gasteiger partial charge in [-0.05, 0) is 98.3 Å². The lowest BCUT2D eigenvalue weighted by Crippen LogP contribution is -2.11. The van der Waals surface area contributed by atoms with Crippen LogP contribution in [0.4, 0.5) is 0 Å². The highest BCUT2D eigenvalue weighted by Gasteiger charge is 2.21. The number of carbonyl (C=O) groups is 2. The molecule has 268 valence electrons. The van der Waals surface area contributed by atoms with Gasteiger partial charge in [0, 0.05) is 40.4 Å². The highest BCUT2D eigenvalue weighted by atomic mass is 35.5. The summed E-state index contributed by atoms with van der Waals surface area (Å²) in [7, 11) is 0. The average molecular weight is 734 g/mol. The third-order valence-corrected chi connectivity index (χ3v) is 8.85. The molecule has 0 saturated carbocycles. The van der Waals surface area contributed by atoms with E-state index in [2.05, 4.69) is 19.1 Å². The summed E-state index contributed by atoms with van der Waals surface area (Å²) in [6.07, 6.45) is 2.93. The van der Waals surface area contributed by atoms with Crippen LogP contribution in [0.15, 0.2) is 93.8 Å². The second-order valence-electron chi connectivity index (χ2n) is 12.1. The van der Waals surface area contributed by atoms with Crippen LogP contribution >= 0.6 is 23.2 Å². The average Bonchev–Trinajstić information content (AvgIpc) is 3.79. The second kappa shape index (κ2) is 18.5. The van der Waals surface area contributed by atoms with Crippen LogP contribution in [0.5, 0.6) is 11.5 Å². The van der Waals surface area contributed by atoms with E-state index in [0.717, 1.165) is 35.3 Å². The van der Waals surface area contributed by atoms with E-state index in [1.165, 1.54) is 5.56 Å². The molecule has 2 heterocycles. The summed E-state index contributed by atoms with van der Waals surface area (Å²) in [5, 5.41) is 1.20. The number of furan rings is 2. The van der Waals surface area contributed by atoms with Gasteiger partial charge in [-0.2, -0.15) is 0 Å². The van der Waals surface area contributed by atoms with Gasteiger partial charge in [-0.1, -0.05) is 60.5 Å². The van der Waals surface area contributed by atoms with Gasteiger partial charge < -0.3 is 27.8 Å². The molecule has 0 amide bonds. The van der Waals surface area contributed by atoms with Crippen LogP contribution in [-0.4, -0.2) is 38.4 Å². The monoisotopic (exact) mass is 732 g/mol. The minimum Gasteiger partial charge on any atom is -0.493 e. The molecule has 0 aliphatic rings. The third kappa shape index (κ3) is 10.7. The van der Waals surface area contributed by atoms with Crippen LogP contribution in [0, 0.1) is 5.92 Å². The Hall–Kier alpha value is -4.66. The summed E-state index contributed by atoms with van der Waals surface area (Å²) in [5.74, 6) is 2.09. The Labute approximate surface area is 308 Å². The molecular formula is C41H42Cl2O8. The summed E-state index contributed by atoms with van der Waals surface area (Å²) < 4.78 is 34.4. The van der Waals surface area contributed by atoms with E-state index in [-0.39, 0.29) is 30.7 Å². The topological polar surface area (TPSA) is 97.3 Å². The lowest BCUT2D eigenvalue weighted by atomic mass is 9.92. The molecule has 0 N–H and O–H groups in total. The molecule has 51 heavy (non-hydrogen) atoms. The number of ether oxygens (including phenoxy) is 4. The van der Waals surface area contributed by atoms with Gasteiger partial charge in [0.2, 0.25) is 11.5 Å². The van der Waals surface area contributed by atoms with Crippen molar-refractivity contribution >= 4 is 35.1 Å². The van der Waals surface area contributed by atoms with Gasteiger partial charge in [-0.3, -0.25) is 0 Å². The molecule has 10 heteroatoms. The Morgan fingerprint density at radius 1 is 0.706 bits per heavy atom. The molecule has 0 aliphatic heterocycles. The van der Waals surface area contributed by atoms with E-state index in [0.29, 0.717) is 59.8 Å². The van der Waals surface area contributed by atoms with Crippen molar-refractivity contribution in [2.24, 2.45) is 5.92 Å². The van der Waals surface area contributed by atoms with Crippen LogP contribution in [0.3, 0.4) is 0 Å². The van der Waals surface area contributed by atoms with Crippen molar-refractivity contribution in [2.75, 3.05) is 26.4 Å². The van der Waals surface area contributed by atoms with E-state index in [9.17, 15) is 9.59 Å². The summed E-state index contributed by atoms with van der Waals surface area (Å²) in [6, 6.07) is 26.2. The molecule has 0 saturated heterocycles. The summed E-state index contributed by atoms with van der Waals surface area (Å²) in [4.78, 5) is 24.4. The highest BCUT2D eigenvalue weighted by Crippen LogP contribution is 2.34. The van der Waals surface area contributed by atoms with Crippen molar-refractivity contribution in [1.82, 2.24) is 0 Å². The van der Waals surface area contributed by atoms with E-state index in [1.54, 1.807) is 44.2 Å². The fourth-order valence-corrected chi connectivity index (χ4v) is 6.14. The van der Waals surface area contributed by atoms with Crippen molar-refractivity contribution in [3.05, 3.63) is 140 Å². The summed E-state index contributed by atoms with van der Waals surface area (Å²) in [6.45, 7) is 7.11. The van der Waals surface area contributed by atoms with Gasteiger partial charge >= 0.3 is 11.9 Å². The van der Waals surface area contributed by atoms with Crippen molar-refractivity contribution in [3.8, 4) is 11.5 Å². The summed E-state index contributed by atoms with van der Waals surface area (Å²) in [5.41, 5.74) is 3.89. The predicted octanol–water partition coefficient (Wildman–Crippen LogP) is 9.98. The number of halogens is 2. The minimum atomic E-state index is -0.502. The van der Waals surface area contributed by atoms with Crippen molar-refractivity contribution in [2.45, 2.75) is 52.9 Å². The zero-order chi connectivity index (χ0) is 36.2. The molecule has 1 atom stereocenters.